The van der Waals surface area contributed by atoms with Crippen molar-refractivity contribution in [3.63, 3.8) is 0 Å². The molecule has 5 rings (SSSR count). The Morgan fingerprint density at radius 1 is 0.838 bits per heavy atom. The maximum Gasteiger partial charge on any atom is 0.194 e. The van der Waals surface area contributed by atoms with Crippen LogP contribution in [0.4, 0.5) is 0 Å². The van der Waals surface area contributed by atoms with Crippen molar-refractivity contribution in [1.29, 1.82) is 0 Å². The third kappa shape index (κ3) is 5.97. The molecular formula is C31H33NO4S. The van der Waals surface area contributed by atoms with Gasteiger partial charge in [0.05, 0.1) is 14.2 Å². The lowest BCUT2D eigenvalue weighted by molar-refractivity contribution is 0.104. The van der Waals surface area contributed by atoms with Crippen LogP contribution in [0.3, 0.4) is 0 Å². The molecule has 2 heterocycles. The van der Waals surface area contributed by atoms with Gasteiger partial charge in [0.1, 0.15) is 23.9 Å². The number of methoxy groups -OCH3 is 2. The minimum absolute atomic E-state index is 0.0276. The molecule has 1 aromatic heterocycles. The monoisotopic (exact) mass is 515 g/mol. The zero-order chi connectivity index (χ0) is 25.6. The number of ketones is 1. The molecule has 0 unspecified atom stereocenters. The van der Waals surface area contributed by atoms with Crippen molar-refractivity contribution >= 4 is 27.2 Å². The summed E-state index contributed by atoms with van der Waals surface area (Å²) >= 11 is 1.65. The first-order valence-corrected chi connectivity index (χ1v) is 13.7. The van der Waals surface area contributed by atoms with Gasteiger partial charge in [-0.15, -0.1) is 11.3 Å². The number of hydrogen-bond acceptors (Lipinski definition) is 6. The summed E-state index contributed by atoms with van der Waals surface area (Å²) < 4.78 is 17.8. The Morgan fingerprint density at radius 2 is 1.51 bits per heavy atom. The van der Waals surface area contributed by atoms with Crippen LogP contribution in [0.2, 0.25) is 0 Å². The van der Waals surface area contributed by atoms with Crippen LogP contribution in [0.1, 0.15) is 45.6 Å². The van der Waals surface area contributed by atoms with Gasteiger partial charge in [-0.2, -0.15) is 0 Å². The summed E-state index contributed by atoms with van der Waals surface area (Å²) in [5.41, 5.74) is 2.55. The van der Waals surface area contributed by atoms with Crippen LogP contribution in [0.15, 0.2) is 66.7 Å². The molecule has 0 saturated carbocycles. The van der Waals surface area contributed by atoms with Gasteiger partial charge in [-0.1, -0.05) is 18.6 Å². The molecule has 0 aliphatic carbocycles. The molecule has 192 valence electrons. The molecule has 0 N–H and O–H groups in total. The van der Waals surface area contributed by atoms with Crippen molar-refractivity contribution in [3.8, 4) is 17.2 Å². The minimum atomic E-state index is 0.0276. The normalized spacial score (nSPS) is 14.0. The third-order valence-electron chi connectivity index (χ3n) is 6.96. The second-order valence-electron chi connectivity index (χ2n) is 9.39. The van der Waals surface area contributed by atoms with E-state index in [0.717, 1.165) is 63.0 Å². The second kappa shape index (κ2) is 11.8. The van der Waals surface area contributed by atoms with Gasteiger partial charge in [0.25, 0.3) is 0 Å². The predicted octanol–water partition coefficient (Wildman–Crippen LogP) is 6.61. The van der Waals surface area contributed by atoms with Gasteiger partial charge in [-0.25, -0.2) is 0 Å². The lowest BCUT2D eigenvalue weighted by Crippen LogP contribution is -2.33. The summed E-state index contributed by atoms with van der Waals surface area (Å²) in [6.07, 6.45) is 4.56. The molecule has 1 saturated heterocycles. The fourth-order valence-corrected chi connectivity index (χ4v) is 6.14. The van der Waals surface area contributed by atoms with Crippen molar-refractivity contribution in [2.24, 2.45) is 0 Å². The van der Waals surface area contributed by atoms with Crippen LogP contribution < -0.4 is 14.2 Å². The van der Waals surface area contributed by atoms with Gasteiger partial charge in [-0.05, 0) is 86.1 Å². The first-order chi connectivity index (χ1) is 18.1. The van der Waals surface area contributed by atoms with E-state index in [-0.39, 0.29) is 5.78 Å². The lowest BCUT2D eigenvalue weighted by atomic mass is 9.97. The highest BCUT2D eigenvalue weighted by Crippen LogP contribution is 2.37. The number of likely N-dealkylation sites (tertiary alicyclic amines) is 1. The SMILES string of the molecule is COc1ccc(Cc2sc3cc(OC)ccc3c2C(=O)c2ccc(OCCN3CCCCC3)cc2)cc1. The zero-order valence-corrected chi connectivity index (χ0v) is 22.3. The van der Waals surface area contributed by atoms with Crippen LogP contribution >= 0.6 is 11.3 Å². The van der Waals surface area contributed by atoms with Crippen molar-refractivity contribution in [3.05, 3.63) is 88.3 Å². The molecule has 5 nitrogen and oxygen atoms in total. The van der Waals surface area contributed by atoms with Crippen LogP contribution in [-0.2, 0) is 6.42 Å². The van der Waals surface area contributed by atoms with Crippen molar-refractivity contribution in [2.75, 3.05) is 40.5 Å². The molecule has 6 heteroatoms. The average molecular weight is 516 g/mol. The van der Waals surface area contributed by atoms with Gasteiger partial charge in [0.15, 0.2) is 5.78 Å². The Balaban J connectivity index is 1.36. The summed E-state index contributed by atoms with van der Waals surface area (Å²) in [5, 5.41) is 0.959. The van der Waals surface area contributed by atoms with Gasteiger partial charge in [-0.3, -0.25) is 9.69 Å². The number of hydrogen-bond donors (Lipinski definition) is 0. The van der Waals surface area contributed by atoms with E-state index >= 15 is 0 Å². The molecule has 4 aromatic rings. The van der Waals surface area contributed by atoms with Gasteiger partial charge < -0.3 is 14.2 Å². The number of carbonyl (C=O) groups excluding carboxylic acids is 1. The summed E-state index contributed by atoms with van der Waals surface area (Å²) in [6, 6.07) is 21.5. The van der Waals surface area contributed by atoms with Crippen molar-refractivity contribution in [2.45, 2.75) is 25.7 Å². The molecule has 3 aromatic carbocycles. The van der Waals surface area contributed by atoms with Crippen molar-refractivity contribution in [1.82, 2.24) is 4.90 Å². The molecule has 1 fully saturated rings. The number of thiophene rings is 1. The molecule has 0 atom stereocenters. The molecule has 0 radical (unpaired) electrons. The van der Waals surface area contributed by atoms with E-state index in [0.29, 0.717) is 18.6 Å². The first-order valence-electron chi connectivity index (χ1n) is 12.9. The van der Waals surface area contributed by atoms with E-state index in [4.69, 9.17) is 14.2 Å². The van der Waals surface area contributed by atoms with E-state index in [1.54, 1.807) is 25.6 Å². The molecule has 37 heavy (non-hydrogen) atoms. The smallest absolute Gasteiger partial charge is 0.194 e. The van der Waals surface area contributed by atoms with Crippen LogP contribution in [-0.4, -0.2) is 51.1 Å². The first kappa shape index (κ1) is 25.3. The number of nitrogens with zero attached hydrogens (tertiary/aromatic N) is 1. The summed E-state index contributed by atoms with van der Waals surface area (Å²) in [6.45, 7) is 3.93. The Labute approximate surface area is 222 Å². The van der Waals surface area contributed by atoms with Crippen molar-refractivity contribution < 1.29 is 19.0 Å². The maximum atomic E-state index is 13.8. The van der Waals surface area contributed by atoms with E-state index in [9.17, 15) is 4.79 Å². The summed E-state index contributed by atoms with van der Waals surface area (Å²) in [5.74, 6) is 2.43. The highest BCUT2D eigenvalue weighted by Gasteiger charge is 2.21. The predicted molar refractivity (Wildman–Crippen MR) is 150 cm³/mol. The van der Waals surface area contributed by atoms with E-state index in [1.807, 2.05) is 66.7 Å². The Hall–Kier alpha value is -3.35. The Kier molecular flexibility index (Phi) is 8.07. The molecule has 0 spiro atoms. The summed E-state index contributed by atoms with van der Waals surface area (Å²) in [4.78, 5) is 17.3. The Bertz CT molecular complexity index is 1340. The highest BCUT2D eigenvalue weighted by atomic mass is 32.1. The average Bonchev–Trinajstić information content (AvgIpc) is 3.30. The number of rotatable bonds is 10. The third-order valence-corrected chi connectivity index (χ3v) is 8.11. The van der Waals surface area contributed by atoms with E-state index in [1.165, 1.54) is 19.3 Å². The van der Waals surface area contributed by atoms with Crippen LogP contribution in [0.25, 0.3) is 10.1 Å². The number of carbonyl (C=O) groups is 1. The summed E-state index contributed by atoms with van der Waals surface area (Å²) in [7, 11) is 3.32. The van der Waals surface area contributed by atoms with E-state index < -0.39 is 0 Å². The molecule has 1 aliphatic heterocycles. The largest absolute Gasteiger partial charge is 0.497 e. The Morgan fingerprint density at radius 3 is 2.22 bits per heavy atom. The van der Waals surface area contributed by atoms with Gasteiger partial charge >= 0.3 is 0 Å². The number of ether oxygens (including phenoxy) is 3. The topological polar surface area (TPSA) is 48.0 Å². The lowest BCUT2D eigenvalue weighted by Gasteiger charge is -2.26. The molecular weight excluding hydrogens is 482 g/mol. The van der Waals surface area contributed by atoms with Crippen LogP contribution in [0, 0.1) is 0 Å². The number of piperidine rings is 1. The fourth-order valence-electron chi connectivity index (χ4n) is 4.88. The standard InChI is InChI=1S/C31H33NO4S/c1-34-24-10-6-22(7-11-24)20-29-30(27-15-14-26(35-2)21-28(27)37-29)31(33)23-8-12-25(13-9-23)36-19-18-32-16-4-3-5-17-32/h6-15,21H,3-5,16-20H2,1-2H3. The molecule has 1 aliphatic rings. The number of benzene rings is 3. The zero-order valence-electron chi connectivity index (χ0n) is 21.5. The van der Waals surface area contributed by atoms with E-state index in [2.05, 4.69) is 4.90 Å². The molecule has 0 amide bonds. The van der Waals surface area contributed by atoms with Gasteiger partial charge in [0, 0.05) is 39.1 Å². The quantitative estimate of drug-likeness (QED) is 0.223. The van der Waals surface area contributed by atoms with Crippen LogP contribution in [0.5, 0.6) is 17.2 Å². The number of fused-ring (bicyclic) bond motifs is 1. The minimum Gasteiger partial charge on any atom is -0.497 e. The fraction of sp³-hybridized carbons (Fsp3) is 0.323. The maximum absolute atomic E-state index is 13.8. The highest BCUT2D eigenvalue weighted by molar-refractivity contribution is 7.19. The second-order valence-corrected chi connectivity index (χ2v) is 10.5. The molecule has 0 bridgehead atoms. The van der Waals surface area contributed by atoms with Gasteiger partial charge in [0.2, 0.25) is 0 Å².